The Bertz CT molecular complexity index is 1120. The quantitative estimate of drug-likeness (QED) is 0.0634. The number of Topliss-reactive ketones (excluding diaryl/α,β-unsaturated/α-hetero) is 1. The first kappa shape index (κ1) is 35.6. The standard InChI is InChI=1S/C33H58BN5O6/c1-20(2)16-28(34-44-27-19-24-18-26(32(24,6)7)33(27,8)45-34)37-29(41)22(10-9-15-36-30(35)38-39(42)43)17-25(40)21-11-13-23(14-12-21)31(3,4)5/h20-24,26-28H,9-19H2,1-8H3,(H,37,41)(H3,35,36,38)/t21?,22-,23?,24-,26-,27-,28+,33+/m1/s1. The molecule has 4 saturated carbocycles. The first-order chi connectivity index (χ1) is 20.9. The van der Waals surface area contributed by atoms with Crippen LogP contribution in [0.15, 0.2) is 4.99 Å². The number of aliphatic imine (C=N–C) groups is 1. The van der Waals surface area contributed by atoms with E-state index in [1.807, 2.05) is 5.43 Å². The van der Waals surface area contributed by atoms with Gasteiger partial charge in [-0.15, -0.1) is 0 Å². The molecular formula is C33H58BN5O6. The monoisotopic (exact) mass is 631 g/mol. The van der Waals surface area contributed by atoms with Crippen molar-refractivity contribution >= 4 is 24.8 Å². The summed E-state index contributed by atoms with van der Waals surface area (Å²) in [4.78, 5) is 42.3. The first-order valence-electron chi connectivity index (χ1n) is 17.3. The maximum absolute atomic E-state index is 14.0. The van der Waals surface area contributed by atoms with Crippen molar-refractivity contribution in [3.05, 3.63) is 10.1 Å². The van der Waals surface area contributed by atoms with Gasteiger partial charge < -0.3 is 20.4 Å². The highest BCUT2D eigenvalue weighted by molar-refractivity contribution is 6.47. The zero-order valence-corrected chi connectivity index (χ0v) is 28.9. The Morgan fingerprint density at radius 3 is 2.38 bits per heavy atom. The molecule has 4 aliphatic carbocycles. The maximum Gasteiger partial charge on any atom is 0.481 e. The van der Waals surface area contributed by atoms with Crippen molar-refractivity contribution in [1.29, 1.82) is 0 Å². The number of nitrogens with one attached hydrogen (secondary N) is 2. The molecule has 254 valence electrons. The van der Waals surface area contributed by atoms with Gasteiger partial charge in [0.25, 0.3) is 5.96 Å². The fourth-order valence-electron chi connectivity index (χ4n) is 8.80. The molecule has 1 amide bonds. The van der Waals surface area contributed by atoms with Gasteiger partial charge in [-0.3, -0.25) is 9.59 Å². The minimum Gasteiger partial charge on any atom is -0.404 e. The van der Waals surface area contributed by atoms with E-state index in [1.165, 1.54) is 0 Å². The van der Waals surface area contributed by atoms with Crippen LogP contribution in [-0.4, -0.2) is 54.0 Å². The molecule has 0 aromatic carbocycles. The molecule has 4 N–H and O–H groups in total. The lowest BCUT2D eigenvalue weighted by Gasteiger charge is -2.64. The van der Waals surface area contributed by atoms with Gasteiger partial charge in [-0.25, -0.2) is 15.1 Å². The third-order valence-electron chi connectivity index (χ3n) is 11.8. The predicted molar refractivity (Wildman–Crippen MR) is 175 cm³/mol. The van der Waals surface area contributed by atoms with Crippen molar-refractivity contribution in [3.63, 3.8) is 0 Å². The first-order valence-corrected chi connectivity index (χ1v) is 17.3. The number of ketones is 1. The van der Waals surface area contributed by atoms with Gasteiger partial charge >= 0.3 is 7.12 Å². The van der Waals surface area contributed by atoms with Crippen LogP contribution in [0.25, 0.3) is 0 Å². The second-order valence-corrected chi connectivity index (χ2v) is 16.6. The Labute approximate surface area is 270 Å². The summed E-state index contributed by atoms with van der Waals surface area (Å²) < 4.78 is 13.3. The molecule has 1 saturated heterocycles. The Balaban J connectivity index is 1.44. The maximum atomic E-state index is 14.0. The highest BCUT2D eigenvalue weighted by Gasteiger charge is 2.68. The van der Waals surface area contributed by atoms with Gasteiger partial charge in [-0.1, -0.05) is 53.9 Å². The molecule has 5 rings (SSSR count). The second-order valence-electron chi connectivity index (χ2n) is 16.6. The van der Waals surface area contributed by atoms with Crippen molar-refractivity contribution in [2.24, 2.45) is 57.1 Å². The summed E-state index contributed by atoms with van der Waals surface area (Å²) in [6.45, 7) is 18.1. The topological polar surface area (TPSA) is 158 Å². The molecule has 5 aliphatic rings. The van der Waals surface area contributed by atoms with Crippen molar-refractivity contribution in [2.45, 2.75) is 137 Å². The highest BCUT2D eigenvalue weighted by atomic mass is 16.7. The van der Waals surface area contributed by atoms with E-state index < -0.39 is 18.1 Å². The lowest BCUT2D eigenvalue weighted by Crippen LogP contribution is -2.65. The van der Waals surface area contributed by atoms with Gasteiger partial charge in [-0.05, 0) is 99.2 Å². The number of hydrogen-bond acceptors (Lipinski definition) is 7. The zero-order valence-electron chi connectivity index (χ0n) is 28.9. The van der Waals surface area contributed by atoms with Crippen LogP contribution in [0, 0.1) is 56.5 Å². The van der Waals surface area contributed by atoms with E-state index in [-0.39, 0.29) is 65.0 Å². The molecule has 1 heterocycles. The summed E-state index contributed by atoms with van der Waals surface area (Å²) >= 11 is 0. The molecule has 2 bridgehead atoms. The molecule has 0 aromatic rings. The van der Waals surface area contributed by atoms with Gasteiger partial charge in [0.1, 0.15) is 5.78 Å². The van der Waals surface area contributed by atoms with Crippen molar-refractivity contribution < 1.29 is 23.9 Å². The smallest absolute Gasteiger partial charge is 0.404 e. The number of amides is 1. The third kappa shape index (κ3) is 8.21. The number of guanidine groups is 1. The molecule has 6 atom stereocenters. The van der Waals surface area contributed by atoms with Crippen molar-refractivity contribution in [2.75, 3.05) is 6.54 Å². The van der Waals surface area contributed by atoms with Gasteiger partial charge in [0.05, 0.1) is 17.6 Å². The molecule has 1 aliphatic heterocycles. The minimum absolute atomic E-state index is 0.0162. The SMILES string of the molecule is CC(C)C[C@H](NC(=O)[C@H](CCCN=C(N)N[N+](=O)[O-])CC(=O)C1CCC(C(C)(C)C)CC1)B1O[C@@H]2C[C@H]3C[C@H](C3(C)C)[C@]2(C)O1. The summed E-state index contributed by atoms with van der Waals surface area (Å²) in [6.07, 6.45) is 7.67. The van der Waals surface area contributed by atoms with Crippen LogP contribution in [0.1, 0.15) is 120 Å². The second kappa shape index (κ2) is 13.9. The molecule has 0 radical (unpaired) electrons. The molecule has 12 heteroatoms. The predicted octanol–water partition coefficient (Wildman–Crippen LogP) is 5.09. The zero-order chi connectivity index (χ0) is 33.3. The number of nitro groups is 1. The largest absolute Gasteiger partial charge is 0.481 e. The number of nitrogens with two attached hydrogens (primary N) is 1. The van der Waals surface area contributed by atoms with Gasteiger partial charge in [0.15, 0.2) is 5.03 Å². The molecule has 0 unspecified atom stereocenters. The lowest BCUT2D eigenvalue weighted by atomic mass is 9.43. The van der Waals surface area contributed by atoms with Crippen LogP contribution in [0.3, 0.4) is 0 Å². The van der Waals surface area contributed by atoms with E-state index in [1.54, 1.807) is 0 Å². The van der Waals surface area contributed by atoms with E-state index in [2.05, 4.69) is 65.7 Å². The Morgan fingerprint density at radius 2 is 1.80 bits per heavy atom. The van der Waals surface area contributed by atoms with E-state index in [0.29, 0.717) is 42.9 Å². The van der Waals surface area contributed by atoms with Gasteiger partial charge in [-0.2, -0.15) is 0 Å². The van der Waals surface area contributed by atoms with Crippen LogP contribution < -0.4 is 16.5 Å². The number of nitrogens with zero attached hydrogens (tertiary/aromatic N) is 2. The Kier molecular flexibility index (Phi) is 11.0. The lowest BCUT2D eigenvalue weighted by molar-refractivity contribution is -0.525. The molecule has 5 fully saturated rings. The van der Waals surface area contributed by atoms with Crippen LogP contribution in [0.2, 0.25) is 0 Å². The van der Waals surface area contributed by atoms with Gasteiger partial charge in [0.2, 0.25) is 5.91 Å². The van der Waals surface area contributed by atoms with E-state index in [9.17, 15) is 19.7 Å². The molecular weight excluding hydrogens is 573 g/mol. The fourth-order valence-corrected chi connectivity index (χ4v) is 8.80. The van der Waals surface area contributed by atoms with E-state index in [0.717, 1.165) is 38.5 Å². The van der Waals surface area contributed by atoms with Crippen molar-refractivity contribution in [1.82, 2.24) is 10.7 Å². The molecule has 0 aromatic heterocycles. The number of hydrazine groups is 1. The van der Waals surface area contributed by atoms with Crippen LogP contribution in [-0.2, 0) is 18.9 Å². The summed E-state index contributed by atoms with van der Waals surface area (Å²) in [7, 11) is -0.539. The number of carbonyl (C=O) groups is 2. The summed E-state index contributed by atoms with van der Waals surface area (Å²) in [5.41, 5.74) is 7.49. The Morgan fingerprint density at radius 1 is 1.13 bits per heavy atom. The van der Waals surface area contributed by atoms with Crippen LogP contribution in [0.4, 0.5) is 0 Å². The number of carbonyl (C=O) groups excluding carboxylic acids is 2. The average molecular weight is 632 g/mol. The van der Waals surface area contributed by atoms with Crippen LogP contribution in [0.5, 0.6) is 0 Å². The normalized spacial score (nSPS) is 32.3. The average Bonchev–Trinajstić information content (AvgIpc) is 3.30. The molecule has 11 nitrogen and oxygen atoms in total. The highest BCUT2D eigenvalue weighted by Crippen LogP contribution is 2.65. The third-order valence-corrected chi connectivity index (χ3v) is 11.8. The van der Waals surface area contributed by atoms with Gasteiger partial charge in [0, 0.05) is 24.8 Å². The van der Waals surface area contributed by atoms with Crippen LogP contribution >= 0.6 is 0 Å². The molecule has 0 spiro atoms. The van der Waals surface area contributed by atoms with E-state index >= 15 is 0 Å². The number of rotatable bonds is 13. The Hall–Kier alpha value is -2.21. The number of hydrogen-bond donors (Lipinski definition) is 3. The molecule has 45 heavy (non-hydrogen) atoms. The summed E-state index contributed by atoms with van der Waals surface area (Å²) in [6, 6.07) is 0. The van der Waals surface area contributed by atoms with Crippen molar-refractivity contribution in [3.8, 4) is 0 Å². The fraction of sp³-hybridized carbons (Fsp3) is 0.909. The summed E-state index contributed by atoms with van der Waals surface area (Å²) in [5.74, 6) is 0.743. The summed E-state index contributed by atoms with van der Waals surface area (Å²) in [5, 5.41) is 13.2. The minimum atomic E-state index is -0.759. The van der Waals surface area contributed by atoms with E-state index in [4.69, 9.17) is 15.0 Å².